The number of hydrogen-bond acceptors (Lipinski definition) is 5. The van der Waals surface area contributed by atoms with Crippen LogP contribution >= 0.6 is 0 Å². The fourth-order valence-corrected chi connectivity index (χ4v) is 4.73. The third kappa shape index (κ3) is 5.42. The Balaban J connectivity index is 1.28. The lowest BCUT2D eigenvalue weighted by Crippen LogP contribution is -2.08. The van der Waals surface area contributed by atoms with E-state index in [-0.39, 0.29) is 12.6 Å². The van der Waals surface area contributed by atoms with E-state index in [0.717, 1.165) is 40.8 Å². The first kappa shape index (κ1) is 25.2. The Hall–Kier alpha value is -4.51. The average Bonchev–Trinajstić information content (AvgIpc) is 3.27. The quantitative estimate of drug-likeness (QED) is 0.125. The van der Waals surface area contributed by atoms with Crippen molar-refractivity contribution in [3.05, 3.63) is 124 Å². The van der Waals surface area contributed by atoms with Gasteiger partial charge in [0.15, 0.2) is 0 Å². The zero-order valence-electron chi connectivity index (χ0n) is 21.7. The van der Waals surface area contributed by atoms with E-state index in [1.807, 2.05) is 66.7 Å². The lowest BCUT2D eigenvalue weighted by Gasteiger charge is -2.09. The summed E-state index contributed by atoms with van der Waals surface area (Å²) in [7, 11) is 1.63. The number of nitrogens with zero attached hydrogens (tertiary/aromatic N) is 2. The van der Waals surface area contributed by atoms with E-state index in [2.05, 4.69) is 41.4 Å². The molecule has 0 unspecified atom stereocenters. The van der Waals surface area contributed by atoms with Crippen molar-refractivity contribution in [1.29, 1.82) is 0 Å². The maximum atomic E-state index is 12.4. The van der Waals surface area contributed by atoms with Crippen LogP contribution in [0.25, 0.3) is 11.1 Å². The summed E-state index contributed by atoms with van der Waals surface area (Å²) < 4.78 is 11.1. The molecule has 0 saturated carbocycles. The van der Waals surface area contributed by atoms with Gasteiger partial charge in [-0.25, -0.2) is 4.79 Å². The summed E-state index contributed by atoms with van der Waals surface area (Å²) in [5, 5.41) is 9.04. The summed E-state index contributed by atoms with van der Waals surface area (Å²) in [5.74, 6) is 0.394. The van der Waals surface area contributed by atoms with Gasteiger partial charge in [-0.15, -0.1) is 5.10 Å². The van der Waals surface area contributed by atoms with E-state index >= 15 is 0 Å². The fraction of sp³-hybridized carbons (Fsp3) is 0.182. The van der Waals surface area contributed by atoms with Crippen molar-refractivity contribution in [3.8, 4) is 16.9 Å². The van der Waals surface area contributed by atoms with Crippen molar-refractivity contribution < 1.29 is 14.3 Å². The summed E-state index contributed by atoms with van der Waals surface area (Å²) in [6.45, 7) is 2.43. The molecule has 0 amide bonds. The van der Waals surface area contributed by atoms with Gasteiger partial charge in [0.25, 0.3) is 0 Å². The van der Waals surface area contributed by atoms with Crippen molar-refractivity contribution in [2.45, 2.75) is 26.2 Å². The molecular formula is C33H30N2O3. The SMILES string of the molecule is CCCc1ccc(C(=O)OCCc2ccc(OC)c(/C=N/N=C3c4ccccc4-c4ccccc43)c2)cc1. The molecule has 0 spiro atoms. The first-order chi connectivity index (χ1) is 18.7. The smallest absolute Gasteiger partial charge is 0.338 e. The van der Waals surface area contributed by atoms with Crippen LogP contribution < -0.4 is 4.74 Å². The monoisotopic (exact) mass is 502 g/mol. The van der Waals surface area contributed by atoms with Crippen molar-refractivity contribution in [2.75, 3.05) is 13.7 Å². The van der Waals surface area contributed by atoms with E-state index in [1.165, 1.54) is 16.7 Å². The Kier molecular flexibility index (Phi) is 7.74. The van der Waals surface area contributed by atoms with Gasteiger partial charge in [-0.1, -0.05) is 80.1 Å². The van der Waals surface area contributed by atoms with Gasteiger partial charge in [-0.2, -0.15) is 5.10 Å². The highest BCUT2D eigenvalue weighted by molar-refractivity contribution is 6.24. The van der Waals surface area contributed by atoms with Gasteiger partial charge in [-0.3, -0.25) is 0 Å². The zero-order chi connectivity index (χ0) is 26.3. The second-order valence-corrected chi connectivity index (χ2v) is 9.19. The highest BCUT2D eigenvalue weighted by atomic mass is 16.5. The third-order valence-corrected chi connectivity index (χ3v) is 6.66. The molecule has 0 saturated heterocycles. The van der Waals surface area contributed by atoms with E-state index in [0.29, 0.717) is 17.7 Å². The molecule has 0 bridgehead atoms. The van der Waals surface area contributed by atoms with Gasteiger partial charge in [0.2, 0.25) is 0 Å². The first-order valence-electron chi connectivity index (χ1n) is 12.9. The minimum atomic E-state index is -0.309. The van der Waals surface area contributed by atoms with Crippen LogP contribution in [0, 0.1) is 0 Å². The molecule has 0 heterocycles. The number of benzene rings is 4. The summed E-state index contributed by atoms with van der Waals surface area (Å²) in [4.78, 5) is 12.4. The van der Waals surface area contributed by atoms with Crippen LogP contribution in [0.5, 0.6) is 5.75 Å². The Morgan fingerprint density at radius 3 is 2.05 bits per heavy atom. The lowest BCUT2D eigenvalue weighted by molar-refractivity contribution is 0.0509. The van der Waals surface area contributed by atoms with E-state index < -0.39 is 0 Å². The number of hydrogen-bond donors (Lipinski definition) is 0. The zero-order valence-corrected chi connectivity index (χ0v) is 21.7. The van der Waals surface area contributed by atoms with Gasteiger partial charge in [0.1, 0.15) is 11.5 Å². The van der Waals surface area contributed by atoms with Crippen LogP contribution in [0.1, 0.15) is 51.5 Å². The van der Waals surface area contributed by atoms with Gasteiger partial charge in [-0.05, 0) is 52.9 Å². The molecule has 1 aliphatic carbocycles. The van der Waals surface area contributed by atoms with Gasteiger partial charge >= 0.3 is 5.97 Å². The molecule has 0 atom stereocenters. The highest BCUT2D eigenvalue weighted by Crippen LogP contribution is 2.36. The van der Waals surface area contributed by atoms with Crippen LogP contribution in [0.2, 0.25) is 0 Å². The second-order valence-electron chi connectivity index (χ2n) is 9.19. The van der Waals surface area contributed by atoms with Crippen LogP contribution in [-0.2, 0) is 17.6 Å². The lowest BCUT2D eigenvalue weighted by atomic mass is 10.1. The number of carbonyl (C=O) groups excluding carboxylic acids is 1. The normalized spacial score (nSPS) is 11.8. The van der Waals surface area contributed by atoms with Gasteiger partial charge in [0.05, 0.1) is 25.5 Å². The molecule has 0 fully saturated rings. The van der Waals surface area contributed by atoms with Crippen LogP contribution in [0.15, 0.2) is 101 Å². The Bertz CT molecular complexity index is 1460. The molecule has 190 valence electrons. The van der Waals surface area contributed by atoms with Gasteiger partial charge in [0, 0.05) is 23.1 Å². The molecule has 0 aliphatic heterocycles. The maximum absolute atomic E-state index is 12.4. The fourth-order valence-electron chi connectivity index (χ4n) is 4.73. The minimum absolute atomic E-state index is 0.286. The minimum Gasteiger partial charge on any atom is -0.496 e. The number of rotatable bonds is 9. The summed E-state index contributed by atoms with van der Waals surface area (Å²) >= 11 is 0. The number of fused-ring (bicyclic) bond motifs is 3. The first-order valence-corrected chi connectivity index (χ1v) is 12.9. The molecular weight excluding hydrogens is 472 g/mol. The van der Waals surface area contributed by atoms with Crippen molar-refractivity contribution in [1.82, 2.24) is 0 Å². The van der Waals surface area contributed by atoms with Crippen molar-refractivity contribution in [2.24, 2.45) is 10.2 Å². The molecule has 0 N–H and O–H groups in total. The molecule has 5 heteroatoms. The Labute approximate surface area is 223 Å². The molecule has 5 nitrogen and oxygen atoms in total. The number of methoxy groups -OCH3 is 1. The topological polar surface area (TPSA) is 60.2 Å². The number of aryl methyl sites for hydroxylation is 1. The molecule has 5 rings (SSSR count). The van der Waals surface area contributed by atoms with E-state index in [9.17, 15) is 4.79 Å². The molecule has 4 aromatic carbocycles. The Morgan fingerprint density at radius 1 is 0.789 bits per heavy atom. The van der Waals surface area contributed by atoms with Crippen LogP contribution in [0.4, 0.5) is 0 Å². The Morgan fingerprint density at radius 2 is 1.42 bits per heavy atom. The van der Waals surface area contributed by atoms with E-state index in [4.69, 9.17) is 9.47 Å². The second kappa shape index (κ2) is 11.7. The molecule has 1 aliphatic rings. The van der Waals surface area contributed by atoms with E-state index in [1.54, 1.807) is 13.3 Å². The standard InChI is InChI=1S/C33H30N2O3/c1-3-8-23-13-16-25(17-14-23)33(36)38-20-19-24-15-18-31(37-2)26(21-24)22-34-35-32-29-11-6-4-9-27(29)28-10-5-7-12-30(28)32/h4-7,9-18,21-22H,3,8,19-20H2,1-2H3/b34-22+. The predicted octanol–water partition coefficient (Wildman–Crippen LogP) is 6.90. The molecule has 0 radical (unpaired) electrons. The number of esters is 1. The van der Waals surface area contributed by atoms with Crippen molar-refractivity contribution >= 4 is 17.9 Å². The van der Waals surface area contributed by atoms with Crippen molar-refractivity contribution in [3.63, 3.8) is 0 Å². The summed E-state index contributed by atoms with van der Waals surface area (Å²) in [6, 6.07) is 30.0. The number of carbonyl (C=O) groups is 1. The highest BCUT2D eigenvalue weighted by Gasteiger charge is 2.23. The summed E-state index contributed by atoms with van der Waals surface area (Å²) in [6.07, 6.45) is 4.38. The van der Waals surface area contributed by atoms with Gasteiger partial charge < -0.3 is 9.47 Å². The maximum Gasteiger partial charge on any atom is 0.338 e. The van der Waals surface area contributed by atoms with Crippen LogP contribution in [0.3, 0.4) is 0 Å². The predicted molar refractivity (Wildman–Crippen MR) is 153 cm³/mol. The number of ether oxygens (including phenoxy) is 2. The van der Waals surface area contributed by atoms with Crippen LogP contribution in [-0.4, -0.2) is 31.6 Å². The summed E-state index contributed by atoms with van der Waals surface area (Å²) in [5.41, 5.74) is 8.98. The molecule has 4 aromatic rings. The molecule has 38 heavy (non-hydrogen) atoms. The largest absolute Gasteiger partial charge is 0.496 e. The molecule has 0 aromatic heterocycles. The average molecular weight is 503 g/mol. The third-order valence-electron chi connectivity index (χ3n) is 6.66.